The first-order valence-electron chi connectivity index (χ1n) is 7.94. The van der Waals surface area contributed by atoms with Crippen molar-refractivity contribution >= 4 is 17.8 Å². The minimum atomic E-state index is -0.707. The molecule has 0 aromatic heterocycles. The standard InChI is InChI=1S/C15H25N3O3/c1-3-7-12-13(19)16-15(21)18(14(12)20)10-11(2)17-8-5-4-6-9-17/h11-12H,3-10H2,1-2H3,(H,16,19,21). The number of piperidine rings is 1. The molecule has 0 spiro atoms. The molecule has 6 heteroatoms. The fraction of sp³-hybridized carbons (Fsp3) is 0.800. The van der Waals surface area contributed by atoms with Crippen LogP contribution >= 0.6 is 0 Å². The lowest BCUT2D eigenvalue weighted by Gasteiger charge is -2.37. The lowest BCUT2D eigenvalue weighted by Crippen LogP contribution is -2.60. The Morgan fingerprint density at radius 1 is 1.19 bits per heavy atom. The number of amides is 4. The van der Waals surface area contributed by atoms with E-state index in [1.807, 2.05) is 13.8 Å². The summed E-state index contributed by atoms with van der Waals surface area (Å²) in [6.07, 6.45) is 4.82. The van der Waals surface area contributed by atoms with E-state index in [1.165, 1.54) is 24.2 Å². The van der Waals surface area contributed by atoms with Crippen molar-refractivity contribution in [3.8, 4) is 0 Å². The van der Waals surface area contributed by atoms with Gasteiger partial charge in [-0.2, -0.15) is 0 Å². The molecule has 0 radical (unpaired) electrons. The molecular formula is C15H25N3O3. The van der Waals surface area contributed by atoms with Crippen molar-refractivity contribution in [1.29, 1.82) is 0 Å². The summed E-state index contributed by atoms with van der Waals surface area (Å²) < 4.78 is 0. The van der Waals surface area contributed by atoms with Crippen molar-refractivity contribution < 1.29 is 14.4 Å². The third kappa shape index (κ3) is 3.61. The number of nitrogens with zero attached hydrogens (tertiary/aromatic N) is 2. The number of urea groups is 1. The number of barbiturate groups is 1. The van der Waals surface area contributed by atoms with E-state index in [0.29, 0.717) is 13.0 Å². The third-order valence-electron chi connectivity index (χ3n) is 4.39. The highest BCUT2D eigenvalue weighted by Crippen LogP contribution is 2.18. The van der Waals surface area contributed by atoms with Crippen LogP contribution in [0.3, 0.4) is 0 Å². The summed E-state index contributed by atoms with van der Waals surface area (Å²) in [5, 5.41) is 2.31. The quantitative estimate of drug-likeness (QED) is 0.777. The second-order valence-corrected chi connectivity index (χ2v) is 6.03. The predicted molar refractivity (Wildman–Crippen MR) is 78.5 cm³/mol. The van der Waals surface area contributed by atoms with Crippen LogP contribution < -0.4 is 5.32 Å². The summed E-state index contributed by atoms with van der Waals surface area (Å²) in [4.78, 5) is 39.6. The molecule has 0 saturated carbocycles. The molecule has 2 fully saturated rings. The highest BCUT2D eigenvalue weighted by atomic mass is 16.2. The molecule has 0 aliphatic carbocycles. The van der Waals surface area contributed by atoms with Gasteiger partial charge in [0.25, 0.3) is 0 Å². The maximum absolute atomic E-state index is 12.4. The fourth-order valence-corrected chi connectivity index (χ4v) is 3.12. The monoisotopic (exact) mass is 295 g/mol. The summed E-state index contributed by atoms with van der Waals surface area (Å²) in [5.74, 6) is -1.50. The Kier molecular flexibility index (Phi) is 5.33. The Morgan fingerprint density at radius 3 is 2.48 bits per heavy atom. The summed E-state index contributed by atoms with van der Waals surface area (Å²) >= 11 is 0. The number of rotatable bonds is 5. The second kappa shape index (κ2) is 7.02. The van der Waals surface area contributed by atoms with E-state index in [4.69, 9.17) is 0 Å². The van der Waals surface area contributed by atoms with Crippen molar-refractivity contribution in [3.05, 3.63) is 0 Å². The molecule has 0 aromatic rings. The lowest BCUT2D eigenvalue weighted by atomic mass is 9.99. The summed E-state index contributed by atoms with van der Waals surface area (Å²) in [7, 11) is 0. The Hall–Kier alpha value is -1.43. The lowest BCUT2D eigenvalue weighted by molar-refractivity contribution is -0.143. The van der Waals surface area contributed by atoms with Gasteiger partial charge in [0.1, 0.15) is 5.92 Å². The van der Waals surface area contributed by atoms with Crippen molar-refractivity contribution in [1.82, 2.24) is 15.1 Å². The molecule has 2 aliphatic rings. The van der Waals surface area contributed by atoms with E-state index in [1.54, 1.807) is 0 Å². The molecule has 0 aromatic carbocycles. The smallest absolute Gasteiger partial charge is 0.299 e. The molecule has 2 rings (SSSR count). The van der Waals surface area contributed by atoms with Crippen LogP contribution in [0.25, 0.3) is 0 Å². The van der Waals surface area contributed by atoms with Gasteiger partial charge in [-0.25, -0.2) is 4.79 Å². The molecule has 2 unspecified atom stereocenters. The number of carbonyl (C=O) groups is 3. The maximum Gasteiger partial charge on any atom is 0.330 e. The zero-order valence-electron chi connectivity index (χ0n) is 12.9. The maximum atomic E-state index is 12.4. The van der Waals surface area contributed by atoms with E-state index in [9.17, 15) is 14.4 Å². The van der Waals surface area contributed by atoms with Crippen LogP contribution in [0.1, 0.15) is 46.0 Å². The van der Waals surface area contributed by atoms with Gasteiger partial charge in [-0.05, 0) is 39.3 Å². The van der Waals surface area contributed by atoms with Gasteiger partial charge in [0, 0.05) is 12.6 Å². The highest BCUT2D eigenvalue weighted by Gasteiger charge is 2.40. The van der Waals surface area contributed by atoms with Crippen LogP contribution in [0.2, 0.25) is 0 Å². The molecule has 1 N–H and O–H groups in total. The predicted octanol–water partition coefficient (Wildman–Crippen LogP) is 1.36. The Morgan fingerprint density at radius 2 is 1.86 bits per heavy atom. The van der Waals surface area contributed by atoms with Gasteiger partial charge in [0.2, 0.25) is 11.8 Å². The van der Waals surface area contributed by atoms with Crippen LogP contribution in [-0.4, -0.2) is 53.3 Å². The van der Waals surface area contributed by atoms with E-state index in [0.717, 1.165) is 19.5 Å². The van der Waals surface area contributed by atoms with E-state index in [-0.39, 0.29) is 11.9 Å². The molecule has 0 bridgehead atoms. The molecule has 21 heavy (non-hydrogen) atoms. The van der Waals surface area contributed by atoms with Gasteiger partial charge >= 0.3 is 6.03 Å². The molecule has 2 saturated heterocycles. The van der Waals surface area contributed by atoms with Gasteiger partial charge < -0.3 is 0 Å². The highest BCUT2D eigenvalue weighted by molar-refractivity contribution is 6.16. The molecule has 2 aliphatic heterocycles. The number of likely N-dealkylation sites (tertiary alicyclic amines) is 1. The molecule has 2 heterocycles. The number of hydrogen-bond acceptors (Lipinski definition) is 4. The van der Waals surface area contributed by atoms with Crippen LogP contribution in [0.5, 0.6) is 0 Å². The zero-order valence-corrected chi connectivity index (χ0v) is 12.9. The largest absolute Gasteiger partial charge is 0.330 e. The minimum Gasteiger partial charge on any atom is -0.299 e. The number of carbonyl (C=O) groups excluding carboxylic acids is 3. The van der Waals surface area contributed by atoms with E-state index in [2.05, 4.69) is 10.2 Å². The van der Waals surface area contributed by atoms with Gasteiger partial charge in [0.15, 0.2) is 0 Å². The van der Waals surface area contributed by atoms with Crippen LogP contribution in [0.15, 0.2) is 0 Å². The first-order chi connectivity index (χ1) is 10.0. The van der Waals surface area contributed by atoms with Crippen LogP contribution in [0, 0.1) is 5.92 Å². The topological polar surface area (TPSA) is 69.7 Å². The SMILES string of the molecule is CCCC1C(=O)NC(=O)N(CC(C)N2CCCCC2)C1=O. The number of hydrogen-bond donors (Lipinski definition) is 1. The van der Waals surface area contributed by atoms with Gasteiger partial charge in [-0.3, -0.25) is 24.7 Å². The Bertz CT molecular complexity index is 418. The van der Waals surface area contributed by atoms with Crippen molar-refractivity contribution in [2.45, 2.75) is 52.0 Å². The van der Waals surface area contributed by atoms with Crippen LogP contribution in [-0.2, 0) is 9.59 Å². The fourth-order valence-electron chi connectivity index (χ4n) is 3.12. The summed E-state index contributed by atoms with van der Waals surface area (Å²) in [6, 6.07) is -0.434. The minimum absolute atomic E-state index is 0.135. The van der Waals surface area contributed by atoms with Crippen molar-refractivity contribution in [2.24, 2.45) is 5.92 Å². The number of imide groups is 2. The van der Waals surface area contributed by atoms with Crippen molar-refractivity contribution in [3.63, 3.8) is 0 Å². The average Bonchev–Trinajstić information content (AvgIpc) is 2.48. The summed E-state index contributed by atoms with van der Waals surface area (Å²) in [6.45, 7) is 6.36. The Balaban J connectivity index is 2.01. The molecule has 4 amide bonds. The van der Waals surface area contributed by atoms with Gasteiger partial charge in [0.05, 0.1) is 0 Å². The average molecular weight is 295 g/mol. The van der Waals surface area contributed by atoms with Crippen molar-refractivity contribution in [2.75, 3.05) is 19.6 Å². The molecule has 2 atom stereocenters. The van der Waals surface area contributed by atoms with Crippen LogP contribution in [0.4, 0.5) is 4.79 Å². The third-order valence-corrected chi connectivity index (χ3v) is 4.39. The molecular weight excluding hydrogens is 270 g/mol. The molecule has 6 nitrogen and oxygen atoms in total. The first kappa shape index (κ1) is 15.9. The molecule has 118 valence electrons. The summed E-state index contributed by atoms with van der Waals surface area (Å²) in [5.41, 5.74) is 0. The second-order valence-electron chi connectivity index (χ2n) is 6.03. The normalized spacial score (nSPS) is 25.9. The van der Waals surface area contributed by atoms with E-state index >= 15 is 0 Å². The van der Waals surface area contributed by atoms with Gasteiger partial charge in [-0.1, -0.05) is 19.8 Å². The Labute approximate surface area is 125 Å². The zero-order chi connectivity index (χ0) is 15.4. The first-order valence-corrected chi connectivity index (χ1v) is 7.94. The number of nitrogens with one attached hydrogen (secondary N) is 1. The van der Waals surface area contributed by atoms with Gasteiger partial charge in [-0.15, -0.1) is 0 Å². The van der Waals surface area contributed by atoms with E-state index < -0.39 is 17.9 Å².